The first-order chi connectivity index (χ1) is 8.61. The van der Waals surface area contributed by atoms with E-state index in [4.69, 9.17) is 0 Å². The molecule has 1 saturated heterocycles. The predicted molar refractivity (Wildman–Crippen MR) is 75.5 cm³/mol. The number of piperidine rings is 1. The second-order valence-electron chi connectivity index (χ2n) is 4.84. The molecule has 18 heavy (non-hydrogen) atoms. The van der Waals surface area contributed by atoms with E-state index in [0.717, 1.165) is 36.1 Å². The maximum Gasteiger partial charge on any atom is 0.101 e. The fraction of sp³-hybridized carbons (Fsp3) is 0.500. The Kier molecular flexibility index (Phi) is 4.26. The number of aliphatic hydroxyl groups excluding tert-OH is 1. The maximum absolute atomic E-state index is 9.59. The highest BCUT2D eigenvalue weighted by atomic mass is 79.9. The number of hydrogen-bond donors (Lipinski definition) is 1. The lowest BCUT2D eigenvalue weighted by atomic mass is 9.91. The van der Waals surface area contributed by atoms with Crippen LogP contribution in [-0.4, -0.2) is 24.3 Å². The molecule has 1 aromatic rings. The van der Waals surface area contributed by atoms with Crippen molar-refractivity contribution in [2.24, 2.45) is 5.92 Å². The Morgan fingerprint density at radius 2 is 2.11 bits per heavy atom. The Morgan fingerprint density at radius 3 is 2.67 bits per heavy atom. The average Bonchev–Trinajstić information content (AvgIpc) is 2.38. The number of halogens is 1. The van der Waals surface area contributed by atoms with Crippen molar-refractivity contribution in [2.45, 2.75) is 25.9 Å². The summed E-state index contributed by atoms with van der Waals surface area (Å²) in [6, 6.07) is 8.06. The Hall–Kier alpha value is -1.05. The molecule has 0 aliphatic carbocycles. The van der Waals surface area contributed by atoms with Crippen LogP contribution in [0.4, 0.5) is 5.69 Å². The number of benzene rings is 1. The summed E-state index contributed by atoms with van der Waals surface area (Å²) in [5, 5.41) is 18.8. The van der Waals surface area contributed by atoms with E-state index < -0.39 is 0 Å². The van der Waals surface area contributed by atoms with Gasteiger partial charge < -0.3 is 10.0 Å². The van der Waals surface area contributed by atoms with E-state index in [0.29, 0.717) is 11.5 Å². The molecule has 4 heteroatoms. The van der Waals surface area contributed by atoms with E-state index in [-0.39, 0.29) is 6.10 Å². The summed E-state index contributed by atoms with van der Waals surface area (Å²) in [4.78, 5) is 2.24. The molecule has 96 valence electrons. The molecule has 1 heterocycles. The number of rotatable bonds is 2. The van der Waals surface area contributed by atoms with E-state index in [2.05, 4.69) is 26.9 Å². The summed E-state index contributed by atoms with van der Waals surface area (Å²) < 4.78 is 0.932. The summed E-state index contributed by atoms with van der Waals surface area (Å²) in [5.74, 6) is 0.391. The maximum atomic E-state index is 9.59. The van der Waals surface area contributed by atoms with Crippen molar-refractivity contribution in [1.82, 2.24) is 0 Å². The van der Waals surface area contributed by atoms with Crippen molar-refractivity contribution in [3.8, 4) is 6.07 Å². The normalized spacial score (nSPS) is 18.4. The van der Waals surface area contributed by atoms with Crippen LogP contribution in [0.5, 0.6) is 0 Å². The molecule has 2 rings (SSSR count). The van der Waals surface area contributed by atoms with Gasteiger partial charge in [-0.3, -0.25) is 0 Å². The fourth-order valence-corrected chi connectivity index (χ4v) is 2.86. The van der Waals surface area contributed by atoms with Crippen LogP contribution in [-0.2, 0) is 0 Å². The zero-order chi connectivity index (χ0) is 13.1. The Labute approximate surface area is 116 Å². The minimum absolute atomic E-state index is 0.229. The Morgan fingerprint density at radius 1 is 1.44 bits per heavy atom. The lowest BCUT2D eigenvalue weighted by molar-refractivity contribution is 0.110. The van der Waals surface area contributed by atoms with Crippen molar-refractivity contribution in [1.29, 1.82) is 5.26 Å². The van der Waals surface area contributed by atoms with Gasteiger partial charge in [0.05, 0.1) is 17.4 Å². The van der Waals surface area contributed by atoms with Crippen LogP contribution in [0, 0.1) is 17.2 Å². The van der Waals surface area contributed by atoms with Gasteiger partial charge >= 0.3 is 0 Å². The van der Waals surface area contributed by atoms with Crippen molar-refractivity contribution < 1.29 is 5.11 Å². The number of anilines is 1. The lowest BCUT2D eigenvalue weighted by Crippen LogP contribution is -2.37. The number of hydrogen-bond acceptors (Lipinski definition) is 3. The van der Waals surface area contributed by atoms with Gasteiger partial charge in [-0.1, -0.05) is 15.9 Å². The molecule has 0 saturated carbocycles. The summed E-state index contributed by atoms with van der Waals surface area (Å²) in [6.45, 7) is 3.68. The first-order valence-electron chi connectivity index (χ1n) is 6.24. The second kappa shape index (κ2) is 5.73. The summed E-state index contributed by atoms with van der Waals surface area (Å²) in [6.07, 6.45) is 1.74. The van der Waals surface area contributed by atoms with Gasteiger partial charge in [-0.25, -0.2) is 0 Å². The van der Waals surface area contributed by atoms with Crippen LogP contribution in [0.3, 0.4) is 0 Å². The highest BCUT2D eigenvalue weighted by Gasteiger charge is 2.23. The van der Waals surface area contributed by atoms with Gasteiger partial charge in [0, 0.05) is 17.6 Å². The van der Waals surface area contributed by atoms with E-state index in [1.54, 1.807) is 0 Å². The van der Waals surface area contributed by atoms with Crippen molar-refractivity contribution in [3.05, 3.63) is 28.2 Å². The first kappa shape index (κ1) is 13.4. The SMILES string of the molecule is CC(O)C1CCN(c2ccc(Br)cc2C#N)CC1. The third-order valence-corrected chi connectivity index (χ3v) is 4.13. The molecular weight excluding hydrogens is 292 g/mol. The fourth-order valence-electron chi connectivity index (χ4n) is 2.50. The number of nitriles is 1. The molecular formula is C14H17BrN2O. The molecule has 1 N–H and O–H groups in total. The minimum Gasteiger partial charge on any atom is -0.393 e. The van der Waals surface area contributed by atoms with Crippen molar-refractivity contribution >= 4 is 21.6 Å². The molecule has 1 aromatic carbocycles. The molecule has 1 unspecified atom stereocenters. The minimum atomic E-state index is -0.229. The quantitative estimate of drug-likeness (QED) is 0.914. The molecule has 0 bridgehead atoms. The van der Waals surface area contributed by atoms with Crippen LogP contribution in [0.25, 0.3) is 0 Å². The zero-order valence-electron chi connectivity index (χ0n) is 10.4. The van der Waals surface area contributed by atoms with Crippen LogP contribution in [0.15, 0.2) is 22.7 Å². The van der Waals surface area contributed by atoms with E-state index in [1.165, 1.54) is 0 Å². The number of nitrogens with zero attached hydrogens (tertiary/aromatic N) is 2. The third-order valence-electron chi connectivity index (χ3n) is 3.64. The van der Waals surface area contributed by atoms with Gasteiger partial charge in [0.15, 0.2) is 0 Å². The largest absolute Gasteiger partial charge is 0.393 e. The van der Waals surface area contributed by atoms with Gasteiger partial charge in [0.2, 0.25) is 0 Å². The number of aliphatic hydroxyl groups is 1. The van der Waals surface area contributed by atoms with Gasteiger partial charge in [-0.15, -0.1) is 0 Å². The van der Waals surface area contributed by atoms with Gasteiger partial charge in [0.25, 0.3) is 0 Å². The van der Waals surface area contributed by atoms with Crippen molar-refractivity contribution in [2.75, 3.05) is 18.0 Å². The van der Waals surface area contributed by atoms with Crippen molar-refractivity contribution in [3.63, 3.8) is 0 Å². The molecule has 3 nitrogen and oxygen atoms in total. The molecule has 1 aliphatic rings. The highest BCUT2D eigenvalue weighted by molar-refractivity contribution is 9.10. The lowest BCUT2D eigenvalue weighted by Gasteiger charge is -2.35. The molecule has 1 aliphatic heterocycles. The van der Waals surface area contributed by atoms with E-state index in [9.17, 15) is 10.4 Å². The zero-order valence-corrected chi connectivity index (χ0v) is 12.0. The molecule has 0 radical (unpaired) electrons. The monoisotopic (exact) mass is 308 g/mol. The molecule has 0 spiro atoms. The molecule has 0 amide bonds. The van der Waals surface area contributed by atoms with Crippen LogP contribution in [0.2, 0.25) is 0 Å². The summed E-state index contributed by atoms with van der Waals surface area (Å²) in [7, 11) is 0. The summed E-state index contributed by atoms with van der Waals surface area (Å²) >= 11 is 3.39. The van der Waals surface area contributed by atoms with Crippen LogP contribution < -0.4 is 4.90 Å². The van der Waals surface area contributed by atoms with Gasteiger partial charge in [-0.05, 0) is 43.9 Å². The topological polar surface area (TPSA) is 47.3 Å². The summed E-state index contributed by atoms with van der Waals surface area (Å²) in [5.41, 5.74) is 1.71. The standard InChI is InChI=1S/C14H17BrN2O/c1-10(18)11-4-6-17(7-5-11)14-3-2-13(15)8-12(14)9-16/h2-3,8,10-11,18H,4-7H2,1H3. The van der Waals surface area contributed by atoms with Crippen LogP contribution in [0.1, 0.15) is 25.3 Å². The average molecular weight is 309 g/mol. The smallest absolute Gasteiger partial charge is 0.101 e. The first-order valence-corrected chi connectivity index (χ1v) is 7.04. The van der Waals surface area contributed by atoms with Gasteiger partial charge in [0.1, 0.15) is 6.07 Å². The highest BCUT2D eigenvalue weighted by Crippen LogP contribution is 2.29. The van der Waals surface area contributed by atoms with Crippen LogP contribution >= 0.6 is 15.9 Å². The van der Waals surface area contributed by atoms with Gasteiger partial charge in [-0.2, -0.15) is 5.26 Å². The molecule has 1 fully saturated rings. The molecule has 1 atom stereocenters. The molecule has 0 aromatic heterocycles. The van der Waals surface area contributed by atoms with E-state index >= 15 is 0 Å². The second-order valence-corrected chi connectivity index (χ2v) is 5.75. The predicted octanol–water partition coefficient (Wildman–Crippen LogP) is 2.92. The third kappa shape index (κ3) is 2.85. The Bertz CT molecular complexity index is 459. The van der Waals surface area contributed by atoms with E-state index in [1.807, 2.05) is 25.1 Å². The Balaban J connectivity index is 2.13.